The predicted molar refractivity (Wildman–Crippen MR) is 73.9 cm³/mol. The van der Waals surface area contributed by atoms with Crippen molar-refractivity contribution in [1.82, 2.24) is 0 Å². The molecule has 0 heterocycles. The van der Waals surface area contributed by atoms with Crippen molar-refractivity contribution in [2.45, 2.75) is 6.92 Å². The average molecular weight is 306 g/mol. The number of carbonyl (C=O) groups excluding carboxylic acids is 1. The molecule has 4 heteroatoms. The second-order valence-corrected chi connectivity index (χ2v) is 4.82. The van der Waals surface area contributed by atoms with Gasteiger partial charge in [0.25, 0.3) is 0 Å². The minimum Gasteiger partial charge on any atom is -0.457 e. The molecule has 0 spiro atoms. The molecule has 2 rings (SSSR count). The molecule has 0 unspecified atom stereocenters. The number of primary amides is 1. The van der Waals surface area contributed by atoms with Gasteiger partial charge in [-0.3, -0.25) is 4.79 Å². The van der Waals surface area contributed by atoms with Crippen molar-refractivity contribution in [2.75, 3.05) is 0 Å². The average Bonchev–Trinajstić information content (AvgIpc) is 2.34. The molecular formula is C14H12BrNO2. The van der Waals surface area contributed by atoms with Crippen LogP contribution in [0.3, 0.4) is 0 Å². The van der Waals surface area contributed by atoms with Crippen LogP contribution in [-0.4, -0.2) is 5.91 Å². The standard InChI is InChI=1S/C14H12BrNO2/c1-9-8-10(14(16)17)2-7-13(9)18-12-5-3-11(15)4-6-12/h2-8H,1H3,(H2,16,17). The van der Waals surface area contributed by atoms with Crippen LogP contribution in [-0.2, 0) is 0 Å². The van der Waals surface area contributed by atoms with Crippen molar-refractivity contribution in [1.29, 1.82) is 0 Å². The molecule has 0 atom stereocenters. The highest BCUT2D eigenvalue weighted by molar-refractivity contribution is 9.10. The Balaban J connectivity index is 2.24. The Bertz CT molecular complexity index is 579. The van der Waals surface area contributed by atoms with Crippen molar-refractivity contribution in [3.8, 4) is 11.5 Å². The number of hydrogen-bond acceptors (Lipinski definition) is 2. The van der Waals surface area contributed by atoms with Crippen LogP contribution in [0.1, 0.15) is 15.9 Å². The summed E-state index contributed by atoms with van der Waals surface area (Å²) >= 11 is 3.36. The fourth-order valence-corrected chi connectivity index (χ4v) is 1.81. The largest absolute Gasteiger partial charge is 0.457 e. The van der Waals surface area contributed by atoms with Gasteiger partial charge in [0.1, 0.15) is 11.5 Å². The number of benzene rings is 2. The summed E-state index contributed by atoms with van der Waals surface area (Å²) in [6, 6.07) is 12.7. The van der Waals surface area contributed by atoms with E-state index in [9.17, 15) is 4.79 Å². The zero-order valence-corrected chi connectivity index (χ0v) is 11.4. The molecular weight excluding hydrogens is 294 g/mol. The summed E-state index contributed by atoms with van der Waals surface area (Å²) in [6.45, 7) is 1.88. The van der Waals surface area contributed by atoms with Crippen molar-refractivity contribution in [3.05, 3.63) is 58.1 Å². The fraction of sp³-hybridized carbons (Fsp3) is 0.0714. The highest BCUT2D eigenvalue weighted by atomic mass is 79.9. The van der Waals surface area contributed by atoms with E-state index in [1.165, 1.54) is 0 Å². The third-order valence-electron chi connectivity index (χ3n) is 2.50. The Hall–Kier alpha value is -1.81. The normalized spacial score (nSPS) is 10.1. The van der Waals surface area contributed by atoms with Crippen LogP contribution in [0.4, 0.5) is 0 Å². The smallest absolute Gasteiger partial charge is 0.248 e. The van der Waals surface area contributed by atoms with Crippen LogP contribution in [0.15, 0.2) is 46.9 Å². The predicted octanol–water partition coefficient (Wildman–Crippen LogP) is 3.65. The molecule has 1 amide bonds. The first-order valence-corrected chi connectivity index (χ1v) is 6.19. The second kappa shape index (κ2) is 5.23. The molecule has 3 nitrogen and oxygen atoms in total. The number of carbonyl (C=O) groups is 1. The first-order valence-electron chi connectivity index (χ1n) is 5.40. The van der Waals surface area contributed by atoms with Crippen LogP contribution in [0.2, 0.25) is 0 Å². The number of hydrogen-bond donors (Lipinski definition) is 1. The van der Waals surface area contributed by atoms with Gasteiger partial charge in [0.15, 0.2) is 0 Å². The maximum atomic E-state index is 11.0. The summed E-state index contributed by atoms with van der Waals surface area (Å²) in [5, 5.41) is 0. The molecule has 0 radical (unpaired) electrons. The summed E-state index contributed by atoms with van der Waals surface area (Å²) in [5.74, 6) is 1.02. The van der Waals surface area contributed by atoms with E-state index < -0.39 is 5.91 Å². The molecule has 2 aromatic rings. The number of ether oxygens (including phenoxy) is 1. The van der Waals surface area contributed by atoms with Crippen molar-refractivity contribution in [2.24, 2.45) is 5.73 Å². The van der Waals surface area contributed by atoms with Gasteiger partial charge in [0.2, 0.25) is 5.91 Å². The highest BCUT2D eigenvalue weighted by Crippen LogP contribution is 2.26. The molecule has 0 aliphatic carbocycles. The third-order valence-corrected chi connectivity index (χ3v) is 3.03. The zero-order valence-electron chi connectivity index (χ0n) is 9.81. The van der Waals surface area contributed by atoms with Crippen LogP contribution in [0, 0.1) is 6.92 Å². The van der Waals surface area contributed by atoms with E-state index in [2.05, 4.69) is 15.9 Å². The lowest BCUT2D eigenvalue weighted by Gasteiger charge is -2.09. The molecule has 0 saturated carbocycles. The Labute approximate surface area is 114 Å². The van der Waals surface area contributed by atoms with E-state index in [0.29, 0.717) is 11.3 Å². The zero-order chi connectivity index (χ0) is 13.1. The van der Waals surface area contributed by atoms with E-state index in [4.69, 9.17) is 10.5 Å². The number of aryl methyl sites for hydroxylation is 1. The van der Waals surface area contributed by atoms with E-state index in [0.717, 1.165) is 15.8 Å². The van der Waals surface area contributed by atoms with Crippen molar-refractivity contribution >= 4 is 21.8 Å². The summed E-state index contributed by atoms with van der Waals surface area (Å²) in [5.41, 5.74) is 6.57. The number of halogens is 1. The molecule has 2 aromatic carbocycles. The van der Waals surface area contributed by atoms with Gasteiger partial charge in [-0.05, 0) is 55.0 Å². The van der Waals surface area contributed by atoms with E-state index in [1.807, 2.05) is 31.2 Å². The lowest BCUT2D eigenvalue weighted by molar-refractivity contribution is 0.1000. The Morgan fingerprint density at radius 2 is 1.83 bits per heavy atom. The molecule has 0 bridgehead atoms. The van der Waals surface area contributed by atoms with Gasteiger partial charge < -0.3 is 10.5 Å². The van der Waals surface area contributed by atoms with Crippen LogP contribution < -0.4 is 10.5 Å². The van der Waals surface area contributed by atoms with E-state index in [1.54, 1.807) is 18.2 Å². The molecule has 0 saturated heterocycles. The van der Waals surface area contributed by atoms with Gasteiger partial charge in [-0.25, -0.2) is 0 Å². The summed E-state index contributed by atoms with van der Waals surface area (Å²) < 4.78 is 6.72. The highest BCUT2D eigenvalue weighted by Gasteiger charge is 2.05. The van der Waals surface area contributed by atoms with Crippen LogP contribution in [0.5, 0.6) is 11.5 Å². The Morgan fingerprint density at radius 3 is 2.39 bits per heavy atom. The molecule has 2 N–H and O–H groups in total. The van der Waals surface area contributed by atoms with Gasteiger partial charge >= 0.3 is 0 Å². The minimum absolute atomic E-state index is 0.437. The minimum atomic E-state index is -0.437. The molecule has 0 fully saturated rings. The van der Waals surface area contributed by atoms with Crippen molar-refractivity contribution < 1.29 is 9.53 Å². The Kier molecular flexibility index (Phi) is 3.67. The lowest BCUT2D eigenvalue weighted by Crippen LogP contribution is -2.10. The second-order valence-electron chi connectivity index (χ2n) is 3.90. The maximum absolute atomic E-state index is 11.0. The Morgan fingerprint density at radius 1 is 1.17 bits per heavy atom. The number of nitrogens with two attached hydrogens (primary N) is 1. The van der Waals surface area contributed by atoms with Gasteiger partial charge in [-0.1, -0.05) is 15.9 Å². The van der Waals surface area contributed by atoms with Crippen LogP contribution in [0.25, 0.3) is 0 Å². The maximum Gasteiger partial charge on any atom is 0.248 e. The van der Waals surface area contributed by atoms with Gasteiger partial charge in [0, 0.05) is 10.0 Å². The van der Waals surface area contributed by atoms with Gasteiger partial charge in [-0.15, -0.1) is 0 Å². The SMILES string of the molecule is Cc1cc(C(N)=O)ccc1Oc1ccc(Br)cc1. The molecule has 18 heavy (non-hydrogen) atoms. The first-order chi connectivity index (χ1) is 8.56. The number of amides is 1. The van der Waals surface area contributed by atoms with E-state index >= 15 is 0 Å². The van der Waals surface area contributed by atoms with E-state index in [-0.39, 0.29) is 0 Å². The fourth-order valence-electron chi connectivity index (χ4n) is 1.55. The number of rotatable bonds is 3. The quantitative estimate of drug-likeness (QED) is 0.941. The van der Waals surface area contributed by atoms with Crippen LogP contribution >= 0.6 is 15.9 Å². The summed E-state index contributed by atoms with van der Waals surface area (Å²) in [4.78, 5) is 11.0. The third kappa shape index (κ3) is 2.90. The molecule has 0 aliphatic heterocycles. The van der Waals surface area contributed by atoms with Crippen molar-refractivity contribution in [3.63, 3.8) is 0 Å². The summed E-state index contributed by atoms with van der Waals surface area (Å²) in [6.07, 6.45) is 0. The van der Waals surface area contributed by atoms with Gasteiger partial charge in [-0.2, -0.15) is 0 Å². The topological polar surface area (TPSA) is 52.3 Å². The molecule has 0 aliphatic rings. The first kappa shape index (κ1) is 12.6. The molecule has 0 aromatic heterocycles. The van der Waals surface area contributed by atoms with Gasteiger partial charge in [0.05, 0.1) is 0 Å². The monoisotopic (exact) mass is 305 g/mol. The summed E-state index contributed by atoms with van der Waals surface area (Å²) in [7, 11) is 0. The molecule has 92 valence electrons. The lowest BCUT2D eigenvalue weighted by atomic mass is 10.1.